The third-order valence-corrected chi connectivity index (χ3v) is 3.31. The lowest BCUT2D eigenvalue weighted by molar-refractivity contribution is 0.543. The normalized spacial score (nSPS) is 15.1. The highest BCUT2D eigenvalue weighted by atomic mass is 32.3. The lowest BCUT2D eigenvalue weighted by Crippen LogP contribution is -2.26. The summed E-state index contributed by atoms with van der Waals surface area (Å²) in [5.41, 5.74) is 1.18. The monoisotopic (exact) mass is 246 g/mol. The Morgan fingerprint density at radius 3 is 2.88 bits per heavy atom. The first-order chi connectivity index (χ1) is 7.47. The Balaban J connectivity index is 2.27. The van der Waals surface area contributed by atoms with E-state index < -0.39 is 16.0 Å². The van der Waals surface area contributed by atoms with Gasteiger partial charge in [-0.1, -0.05) is 0 Å². The van der Waals surface area contributed by atoms with E-state index in [2.05, 4.69) is 4.98 Å². The summed E-state index contributed by atoms with van der Waals surface area (Å²) in [6.45, 7) is -0.183. The molecule has 0 saturated carbocycles. The summed E-state index contributed by atoms with van der Waals surface area (Å²) in [6, 6.07) is 0. The van der Waals surface area contributed by atoms with Gasteiger partial charge in [-0.3, -0.25) is 9.36 Å². The number of aromatic nitrogens is 2. The van der Waals surface area contributed by atoms with Crippen molar-refractivity contribution in [3.05, 3.63) is 27.9 Å². The van der Waals surface area contributed by atoms with E-state index in [1.807, 2.05) is 0 Å². The highest BCUT2D eigenvalue weighted by Gasteiger charge is 2.17. The smallest absolute Gasteiger partial charge is 0.298 e. The van der Waals surface area contributed by atoms with Crippen molar-refractivity contribution in [3.63, 3.8) is 0 Å². The molecule has 1 heterocycles. The van der Waals surface area contributed by atoms with Crippen LogP contribution in [0.2, 0.25) is 0 Å². The first-order valence-electron chi connectivity index (χ1n) is 4.97. The average Bonchev–Trinajstić information content (AvgIpc) is 2.64. The second-order valence-electron chi connectivity index (χ2n) is 3.76. The predicted molar refractivity (Wildman–Crippen MR) is 55.4 cm³/mol. The molecule has 1 aromatic rings. The average molecular weight is 246 g/mol. The standard InChI is InChI=1S/C9H11FN2O3S/c10-16(14,15)5-4-12-6-11-8-3-1-2-7(8)9(12)13/h6H,1-5H2. The summed E-state index contributed by atoms with van der Waals surface area (Å²) in [5.74, 6) is -0.687. The van der Waals surface area contributed by atoms with Gasteiger partial charge < -0.3 is 0 Å². The van der Waals surface area contributed by atoms with Crippen LogP contribution in [0.25, 0.3) is 0 Å². The topological polar surface area (TPSA) is 69.0 Å². The minimum Gasteiger partial charge on any atom is -0.298 e. The molecule has 0 amide bonds. The fourth-order valence-corrected chi connectivity index (χ4v) is 2.25. The first-order valence-corrected chi connectivity index (χ1v) is 6.52. The number of aryl methyl sites for hydroxylation is 2. The van der Waals surface area contributed by atoms with E-state index >= 15 is 0 Å². The predicted octanol–water partition coefficient (Wildman–Crippen LogP) is 0.0313. The zero-order chi connectivity index (χ0) is 11.8. The van der Waals surface area contributed by atoms with E-state index in [0.29, 0.717) is 12.0 Å². The molecule has 0 bridgehead atoms. The molecule has 2 rings (SSSR count). The molecule has 1 aromatic heterocycles. The second-order valence-corrected chi connectivity index (χ2v) is 5.25. The molecule has 16 heavy (non-hydrogen) atoms. The van der Waals surface area contributed by atoms with Crippen molar-refractivity contribution in [1.82, 2.24) is 9.55 Å². The molecule has 0 saturated heterocycles. The van der Waals surface area contributed by atoms with Crippen LogP contribution in [0.4, 0.5) is 3.89 Å². The quantitative estimate of drug-likeness (QED) is 0.706. The highest BCUT2D eigenvalue weighted by Crippen LogP contribution is 2.14. The van der Waals surface area contributed by atoms with Crippen LogP contribution in [-0.2, 0) is 29.6 Å². The number of hydrogen-bond donors (Lipinski definition) is 0. The molecule has 0 atom stereocenters. The van der Waals surface area contributed by atoms with Crippen LogP contribution in [0, 0.1) is 0 Å². The highest BCUT2D eigenvalue weighted by molar-refractivity contribution is 7.86. The van der Waals surface area contributed by atoms with E-state index in [0.717, 1.165) is 23.1 Å². The van der Waals surface area contributed by atoms with E-state index in [-0.39, 0.29) is 12.1 Å². The Morgan fingerprint density at radius 1 is 1.44 bits per heavy atom. The van der Waals surface area contributed by atoms with Gasteiger partial charge in [-0.15, -0.1) is 3.89 Å². The van der Waals surface area contributed by atoms with Gasteiger partial charge >= 0.3 is 10.2 Å². The van der Waals surface area contributed by atoms with Gasteiger partial charge in [0.15, 0.2) is 0 Å². The maximum absolute atomic E-state index is 12.3. The van der Waals surface area contributed by atoms with Crippen LogP contribution in [0.1, 0.15) is 17.7 Å². The Bertz CT molecular complexity index is 565. The third-order valence-electron chi connectivity index (χ3n) is 2.64. The number of hydrogen-bond acceptors (Lipinski definition) is 4. The van der Waals surface area contributed by atoms with E-state index in [9.17, 15) is 17.1 Å². The van der Waals surface area contributed by atoms with Crippen LogP contribution in [0.3, 0.4) is 0 Å². The molecular weight excluding hydrogens is 235 g/mol. The maximum atomic E-state index is 12.3. The van der Waals surface area contributed by atoms with Crippen LogP contribution in [-0.4, -0.2) is 23.7 Å². The van der Waals surface area contributed by atoms with Gasteiger partial charge in [0.05, 0.1) is 17.8 Å². The second kappa shape index (κ2) is 3.97. The molecule has 88 valence electrons. The maximum Gasteiger partial charge on any atom is 0.304 e. The Kier molecular flexibility index (Phi) is 2.79. The summed E-state index contributed by atoms with van der Waals surface area (Å²) in [5, 5.41) is 0. The molecule has 0 aliphatic heterocycles. The SMILES string of the molecule is O=c1c2c(ncn1CCS(=O)(=O)F)CCC2. The van der Waals surface area contributed by atoms with Crippen LogP contribution < -0.4 is 5.56 Å². The van der Waals surface area contributed by atoms with Crippen molar-refractivity contribution in [1.29, 1.82) is 0 Å². The number of rotatable bonds is 3. The molecule has 0 unspecified atom stereocenters. The van der Waals surface area contributed by atoms with Gasteiger partial charge in [0, 0.05) is 12.1 Å². The molecule has 5 nitrogen and oxygen atoms in total. The van der Waals surface area contributed by atoms with Crippen molar-refractivity contribution in [2.75, 3.05) is 5.75 Å². The van der Waals surface area contributed by atoms with E-state index in [1.54, 1.807) is 0 Å². The van der Waals surface area contributed by atoms with Crippen molar-refractivity contribution in [2.45, 2.75) is 25.8 Å². The van der Waals surface area contributed by atoms with E-state index in [1.165, 1.54) is 6.33 Å². The van der Waals surface area contributed by atoms with Crippen LogP contribution in [0.5, 0.6) is 0 Å². The molecular formula is C9H11FN2O3S. The fourth-order valence-electron chi connectivity index (χ4n) is 1.83. The van der Waals surface area contributed by atoms with Gasteiger partial charge in [-0.25, -0.2) is 4.98 Å². The zero-order valence-electron chi connectivity index (χ0n) is 8.52. The Labute approximate surface area is 92.1 Å². The third kappa shape index (κ3) is 2.29. The molecule has 7 heteroatoms. The Hall–Kier alpha value is -1.24. The lowest BCUT2D eigenvalue weighted by Gasteiger charge is -2.05. The lowest BCUT2D eigenvalue weighted by atomic mass is 10.2. The van der Waals surface area contributed by atoms with Gasteiger partial charge in [-0.05, 0) is 19.3 Å². The van der Waals surface area contributed by atoms with Crippen molar-refractivity contribution >= 4 is 10.2 Å². The molecule has 0 fully saturated rings. The summed E-state index contributed by atoms with van der Waals surface area (Å²) in [4.78, 5) is 15.8. The molecule has 0 aromatic carbocycles. The van der Waals surface area contributed by atoms with Gasteiger partial charge in [-0.2, -0.15) is 8.42 Å². The summed E-state index contributed by atoms with van der Waals surface area (Å²) >= 11 is 0. The first kappa shape index (κ1) is 11.3. The minimum atomic E-state index is -4.54. The van der Waals surface area contributed by atoms with Crippen molar-refractivity contribution in [2.24, 2.45) is 0 Å². The molecule has 0 spiro atoms. The number of nitrogens with zero attached hydrogens (tertiary/aromatic N) is 2. The van der Waals surface area contributed by atoms with Crippen LogP contribution in [0.15, 0.2) is 11.1 Å². The fraction of sp³-hybridized carbons (Fsp3) is 0.556. The molecule has 1 aliphatic carbocycles. The minimum absolute atomic E-state index is 0.183. The Morgan fingerprint density at radius 2 is 2.19 bits per heavy atom. The summed E-state index contributed by atoms with van der Waals surface area (Å²) in [7, 11) is -4.54. The van der Waals surface area contributed by atoms with Gasteiger partial charge in [0.25, 0.3) is 5.56 Å². The largest absolute Gasteiger partial charge is 0.304 e. The van der Waals surface area contributed by atoms with Gasteiger partial charge in [0.2, 0.25) is 0 Å². The molecule has 0 N–H and O–H groups in total. The summed E-state index contributed by atoms with van der Waals surface area (Å²) < 4.78 is 34.2. The zero-order valence-corrected chi connectivity index (χ0v) is 9.33. The van der Waals surface area contributed by atoms with Gasteiger partial charge in [0.1, 0.15) is 0 Å². The number of halogens is 1. The van der Waals surface area contributed by atoms with Crippen LogP contribution >= 0.6 is 0 Å². The summed E-state index contributed by atoms with van der Waals surface area (Å²) in [6.07, 6.45) is 3.64. The molecule has 0 radical (unpaired) electrons. The van der Waals surface area contributed by atoms with E-state index in [4.69, 9.17) is 0 Å². The number of fused-ring (bicyclic) bond motifs is 1. The van der Waals surface area contributed by atoms with Crippen molar-refractivity contribution in [3.8, 4) is 0 Å². The van der Waals surface area contributed by atoms with Crippen molar-refractivity contribution < 1.29 is 12.3 Å². The molecule has 1 aliphatic rings.